The average molecular weight is 386 g/mol. The van der Waals surface area contributed by atoms with Crippen molar-refractivity contribution in [3.05, 3.63) is 53.6 Å². The summed E-state index contributed by atoms with van der Waals surface area (Å²) in [6, 6.07) is 14.0. The van der Waals surface area contributed by atoms with Gasteiger partial charge in [-0.25, -0.2) is 0 Å². The second-order valence-corrected chi connectivity index (χ2v) is 7.04. The summed E-state index contributed by atoms with van der Waals surface area (Å²) < 4.78 is 16.2. The molecule has 0 aliphatic heterocycles. The molecule has 28 heavy (non-hydrogen) atoms. The van der Waals surface area contributed by atoms with Crippen LogP contribution in [0.4, 0.5) is 0 Å². The first-order chi connectivity index (χ1) is 13.4. The minimum Gasteiger partial charge on any atom is -0.496 e. The minimum atomic E-state index is -0.137. The van der Waals surface area contributed by atoms with Crippen LogP contribution in [0.1, 0.15) is 25.0 Å². The van der Waals surface area contributed by atoms with Crippen LogP contribution in [0.25, 0.3) is 0 Å². The Morgan fingerprint density at radius 3 is 2.21 bits per heavy atom. The minimum absolute atomic E-state index is 0.137. The van der Waals surface area contributed by atoms with E-state index in [1.165, 1.54) is 0 Å². The van der Waals surface area contributed by atoms with E-state index >= 15 is 0 Å². The number of rotatable bonds is 8. The number of ether oxygens (including phenoxy) is 3. The van der Waals surface area contributed by atoms with Crippen molar-refractivity contribution >= 4 is 5.96 Å². The van der Waals surface area contributed by atoms with E-state index < -0.39 is 0 Å². The number of hydrogen-bond donors (Lipinski definition) is 2. The largest absolute Gasteiger partial charge is 0.496 e. The van der Waals surface area contributed by atoms with Crippen LogP contribution < -0.4 is 24.8 Å². The maximum Gasteiger partial charge on any atom is 0.191 e. The van der Waals surface area contributed by atoms with Crippen molar-refractivity contribution in [1.82, 2.24) is 10.6 Å². The van der Waals surface area contributed by atoms with E-state index in [-0.39, 0.29) is 5.41 Å². The molecule has 0 aromatic heterocycles. The van der Waals surface area contributed by atoms with Crippen LogP contribution in [-0.4, -0.2) is 40.9 Å². The first-order valence-corrected chi connectivity index (χ1v) is 9.24. The molecule has 2 aromatic rings. The Morgan fingerprint density at radius 2 is 1.57 bits per heavy atom. The summed E-state index contributed by atoms with van der Waals surface area (Å²) >= 11 is 0. The average Bonchev–Trinajstić information content (AvgIpc) is 2.73. The van der Waals surface area contributed by atoms with Crippen LogP contribution in [0.15, 0.2) is 47.5 Å². The maximum atomic E-state index is 5.43. The van der Waals surface area contributed by atoms with Crippen molar-refractivity contribution in [2.45, 2.75) is 25.8 Å². The number of hydrogen-bond acceptors (Lipinski definition) is 4. The SMILES string of the molecule is CN=C(NCc1ccccc1OC)NCC(C)(C)c1ccc(OC)c(OC)c1. The van der Waals surface area contributed by atoms with Crippen LogP contribution in [0.3, 0.4) is 0 Å². The molecule has 0 amide bonds. The van der Waals surface area contributed by atoms with Gasteiger partial charge < -0.3 is 24.8 Å². The van der Waals surface area contributed by atoms with Crippen molar-refractivity contribution in [2.24, 2.45) is 4.99 Å². The van der Waals surface area contributed by atoms with Crippen LogP contribution in [0.2, 0.25) is 0 Å². The highest BCUT2D eigenvalue weighted by Crippen LogP contribution is 2.32. The maximum absolute atomic E-state index is 5.43. The molecular formula is C22H31N3O3. The second kappa shape index (κ2) is 9.88. The van der Waals surface area contributed by atoms with E-state index in [0.29, 0.717) is 13.1 Å². The molecule has 2 N–H and O–H groups in total. The highest BCUT2D eigenvalue weighted by molar-refractivity contribution is 5.79. The lowest BCUT2D eigenvalue weighted by Gasteiger charge is -2.27. The van der Waals surface area contributed by atoms with Gasteiger partial charge in [-0.05, 0) is 23.8 Å². The van der Waals surface area contributed by atoms with E-state index in [0.717, 1.165) is 34.3 Å². The molecule has 0 saturated heterocycles. The van der Waals surface area contributed by atoms with Crippen molar-refractivity contribution < 1.29 is 14.2 Å². The van der Waals surface area contributed by atoms with Gasteiger partial charge in [-0.15, -0.1) is 0 Å². The number of nitrogens with one attached hydrogen (secondary N) is 2. The number of para-hydroxylation sites is 1. The fourth-order valence-corrected chi connectivity index (χ4v) is 2.91. The molecule has 0 saturated carbocycles. The molecule has 2 rings (SSSR count). The summed E-state index contributed by atoms with van der Waals surface area (Å²) in [5, 5.41) is 6.75. The van der Waals surface area contributed by atoms with Gasteiger partial charge in [-0.2, -0.15) is 0 Å². The molecule has 6 heteroatoms. The molecule has 0 unspecified atom stereocenters. The van der Waals surface area contributed by atoms with E-state index in [2.05, 4.69) is 35.5 Å². The summed E-state index contributed by atoms with van der Waals surface area (Å²) in [7, 11) is 6.73. The molecule has 0 bridgehead atoms. The molecular weight excluding hydrogens is 354 g/mol. The van der Waals surface area contributed by atoms with Crippen LogP contribution in [0, 0.1) is 0 Å². The van der Waals surface area contributed by atoms with E-state index in [9.17, 15) is 0 Å². The third kappa shape index (κ3) is 5.31. The third-order valence-electron chi connectivity index (χ3n) is 4.73. The van der Waals surface area contributed by atoms with Crippen LogP contribution in [0.5, 0.6) is 17.2 Å². The molecule has 0 spiro atoms. The summed E-state index contributed by atoms with van der Waals surface area (Å²) in [6.45, 7) is 5.68. The van der Waals surface area contributed by atoms with Gasteiger partial charge in [0.1, 0.15) is 5.75 Å². The molecule has 0 fully saturated rings. The van der Waals surface area contributed by atoms with Gasteiger partial charge in [0.05, 0.1) is 21.3 Å². The summed E-state index contributed by atoms with van der Waals surface area (Å²) in [4.78, 5) is 4.33. The fourth-order valence-electron chi connectivity index (χ4n) is 2.91. The Kier molecular flexibility index (Phi) is 7.55. The Bertz CT molecular complexity index is 803. The number of benzene rings is 2. The quantitative estimate of drug-likeness (QED) is 0.539. The predicted molar refractivity (Wildman–Crippen MR) is 114 cm³/mol. The molecule has 0 atom stereocenters. The summed E-state index contributed by atoms with van der Waals surface area (Å²) in [5.41, 5.74) is 2.09. The molecule has 0 heterocycles. The van der Waals surface area contributed by atoms with Gasteiger partial charge in [-0.3, -0.25) is 4.99 Å². The van der Waals surface area contributed by atoms with Gasteiger partial charge in [0, 0.05) is 31.1 Å². The first kappa shape index (κ1) is 21.4. The standard InChI is InChI=1S/C22H31N3O3/c1-22(2,17-11-12-19(27-5)20(13-17)28-6)15-25-21(23-3)24-14-16-9-7-8-10-18(16)26-4/h7-13H,14-15H2,1-6H3,(H2,23,24,25). The lowest BCUT2D eigenvalue weighted by Crippen LogP contribution is -2.43. The van der Waals surface area contributed by atoms with E-state index in [1.54, 1.807) is 28.4 Å². The highest BCUT2D eigenvalue weighted by Gasteiger charge is 2.22. The fraction of sp³-hybridized carbons (Fsp3) is 0.409. The third-order valence-corrected chi connectivity index (χ3v) is 4.73. The molecule has 152 valence electrons. The van der Waals surface area contributed by atoms with Gasteiger partial charge in [0.25, 0.3) is 0 Å². The number of nitrogens with zero attached hydrogens (tertiary/aromatic N) is 1. The van der Waals surface area contributed by atoms with E-state index in [1.807, 2.05) is 36.4 Å². The predicted octanol–water partition coefficient (Wildman–Crippen LogP) is 3.36. The molecule has 0 radical (unpaired) electrons. The van der Waals surface area contributed by atoms with Gasteiger partial charge in [-0.1, -0.05) is 38.1 Å². The summed E-state index contributed by atoms with van der Waals surface area (Å²) in [5.74, 6) is 3.05. The first-order valence-electron chi connectivity index (χ1n) is 9.24. The zero-order valence-corrected chi connectivity index (χ0v) is 17.6. The number of guanidine groups is 1. The van der Waals surface area contributed by atoms with Gasteiger partial charge >= 0.3 is 0 Å². The Morgan fingerprint density at radius 1 is 0.893 bits per heavy atom. The smallest absolute Gasteiger partial charge is 0.191 e. The Balaban J connectivity index is 2.01. The molecule has 2 aromatic carbocycles. The molecule has 6 nitrogen and oxygen atoms in total. The monoisotopic (exact) mass is 385 g/mol. The zero-order valence-electron chi connectivity index (χ0n) is 17.6. The second-order valence-electron chi connectivity index (χ2n) is 7.04. The molecule has 0 aliphatic rings. The number of aliphatic imine (C=N–C) groups is 1. The number of methoxy groups -OCH3 is 3. The summed E-state index contributed by atoms with van der Waals surface area (Å²) in [6.07, 6.45) is 0. The van der Waals surface area contributed by atoms with Gasteiger partial charge in [0.15, 0.2) is 17.5 Å². The lowest BCUT2D eigenvalue weighted by molar-refractivity contribution is 0.353. The van der Waals surface area contributed by atoms with Crippen molar-refractivity contribution in [3.8, 4) is 17.2 Å². The van der Waals surface area contributed by atoms with Gasteiger partial charge in [0.2, 0.25) is 0 Å². The van der Waals surface area contributed by atoms with Crippen LogP contribution >= 0.6 is 0 Å². The van der Waals surface area contributed by atoms with Crippen LogP contribution in [-0.2, 0) is 12.0 Å². The molecule has 0 aliphatic carbocycles. The lowest BCUT2D eigenvalue weighted by atomic mass is 9.84. The van der Waals surface area contributed by atoms with Crippen molar-refractivity contribution in [2.75, 3.05) is 34.9 Å². The zero-order chi connectivity index (χ0) is 20.6. The van der Waals surface area contributed by atoms with E-state index in [4.69, 9.17) is 14.2 Å². The van der Waals surface area contributed by atoms with Crippen molar-refractivity contribution in [3.63, 3.8) is 0 Å². The highest BCUT2D eigenvalue weighted by atomic mass is 16.5. The topological polar surface area (TPSA) is 64.1 Å². The van der Waals surface area contributed by atoms with Crippen molar-refractivity contribution in [1.29, 1.82) is 0 Å². The normalized spacial score (nSPS) is 11.7. The Hall–Kier alpha value is -2.89. The Labute approximate surface area is 167 Å².